The van der Waals surface area contributed by atoms with E-state index in [1.54, 1.807) is 0 Å². The van der Waals surface area contributed by atoms with Gasteiger partial charge in [-0.05, 0) is 246 Å². The summed E-state index contributed by atoms with van der Waals surface area (Å²) in [7, 11) is 0. The normalized spacial score (nSPS) is 26.7. The lowest BCUT2D eigenvalue weighted by Crippen LogP contribution is -2.44. The number of amides is 1. The van der Waals surface area contributed by atoms with E-state index in [2.05, 4.69) is 131 Å². The average molecular weight is 1570 g/mol. The van der Waals surface area contributed by atoms with Gasteiger partial charge in [0.25, 0.3) is 0 Å². The summed E-state index contributed by atoms with van der Waals surface area (Å²) in [6, 6.07) is 8.25. The molecule has 4 atom stereocenters. The molecule has 3 aliphatic heterocycles. The number of aliphatic hydroxyl groups excluding tert-OH is 3. The van der Waals surface area contributed by atoms with Crippen molar-refractivity contribution in [2.45, 2.75) is 332 Å². The van der Waals surface area contributed by atoms with Crippen LogP contribution in [0.3, 0.4) is 0 Å². The molecule has 9 heterocycles. The molecule has 5 saturated carbocycles. The topological polar surface area (TPSA) is 242 Å². The third-order valence-corrected chi connectivity index (χ3v) is 27.4. The predicted molar refractivity (Wildman–Crippen MR) is 457 cm³/mol. The highest BCUT2D eigenvalue weighted by atomic mass is 16.5. The summed E-state index contributed by atoms with van der Waals surface area (Å²) < 4.78 is 23.0. The van der Waals surface area contributed by atoms with Crippen molar-refractivity contribution in [1.82, 2.24) is 58.5 Å². The predicted octanol–water partition coefficient (Wildman–Crippen LogP) is 17.7. The Balaban J connectivity index is 0.000000149. The smallest absolute Gasteiger partial charge is 0.241 e. The number of fused-ring (bicyclic) bond motifs is 3. The van der Waals surface area contributed by atoms with E-state index in [9.17, 15) is 20.1 Å². The Morgan fingerprint density at radius 1 is 0.430 bits per heavy atom. The van der Waals surface area contributed by atoms with E-state index >= 15 is 0 Å². The zero-order chi connectivity index (χ0) is 79.5. The van der Waals surface area contributed by atoms with Gasteiger partial charge in [0.2, 0.25) is 23.8 Å². The molecule has 1 unspecified atom stereocenters. The quantitative estimate of drug-likeness (QED) is 0.0239. The van der Waals surface area contributed by atoms with Gasteiger partial charge in [-0.3, -0.25) is 4.79 Å². The number of unbranched alkanes of at least 4 members (excludes halogenated alkanes) is 6. The highest BCUT2D eigenvalue weighted by molar-refractivity contribution is 5.84. The Labute approximate surface area is 681 Å². The molecule has 0 bridgehead atoms. The lowest BCUT2D eigenvalue weighted by molar-refractivity contribution is -0.139. The van der Waals surface area contributed by atoms with E-state index in [1.807, 2.05) is 11.1 Å². The van der Waals surface area contributed by atoms with E-state index in [4.69, 9.17) is 44.5 Å². The molecule has 15 rings (SSSR count). The van der Waals surface area contributed by atoms with Gasteiger partial charge in [0, 0.05) is 115 Å². The third-order valence-electron chi connectivity index (χ3n) is 27.4. The molecule has 6 aromatic heterocycles. The van der Waals surface area contributed by atoms with Crippen LogP contribution in [0.15, 0.2) is 67.4 Å². The van der Waals surface area contributed by atoms with E-state index in [1.165, 1.54) is 171 Å². The second-order valence-corrected chi connectivity index (χ2v) is 35.7. The van der Waals surface area contributed by atoms with Crippen molar-refractivity contribution in [2.75, 3.05) is 94.9 Å². The van der Waals surface area contributed by atoms with Crippen LogP contribution in [-0.4, -0.2) is 195 Å². The van der Waals surface area contributed by atoms with E-state index < -0.39 is 0 Å². The molecule has 9 aliphatic rings. The number of aromatic nitrogens is 9. The summed E-state index contributed by atoms with van der Waals surface area (Å²) in [6.07, 6.45) is 45.7. The maximum Gasteiger partial charge on any atom is 0.241 e. The summed E-state index contributed by atoms with van der Waals surface area (Å²) in [5.41, 5.74) is 15.2. The van der Waals surface area contributed by atoms with Gasteiger partial charge in [0.1, 0.15) is 0 Å². The molecule has 0 radical (unpaired) electrons. The fourth-order valence-electron chi connectivity index (χ4n) is 20.2. The molecule has 22 nitrogen and oxygen atoms in total. The number of nitrogens with one attached hydrogen (secondary N) is 3. The first-order valence-corrected chi connectivity index (χ1v) is 45.7. The summed E-state index contributed by atoms with van der Waals surface area (Å²) >= 11 is 0. The Morgan fingerprint density at radius 3 is 1.11 bits per heavy atom. The molecule has 114 heavy (non-hydrogen) atoms. The summed E-state index contributed by atoms with van der Waals surface area (Å²) in [4.78, 5) is 34.2. The number of carbonyl (C=O) groups excluding carboxylic acids is 1. The number of anilines is 3. The number of nitrogens with zero attached hydrogens (tertiary/aromatic N) is 12. The molecule has 6 aromatic rings. The van der Waals surface area contributed by atoms with Gasteiger partial charge < -0.3 is 60.2 Å². The van der Waals surface area contributed by atoms with Crippen molar-refractivity contribution in [1.29, 1.82) is 0 Å². The zero-order valence-corrected chi connectivity index (χ0v) is 70.6. The number of allylic oxidation sites excluding steroid dienone is 4. The Kier molecular flexibility index (Phi) is 31.5. The summed E-state index contributed by atoms with van der Waals surface area (Å²) in [5, 5.41) is 56.1. The molecule has 3 saturated heterocycles. The minimum absolute atomic E-state index is 0.0614. The van der Waals surface area contributed by atoms with Gasteiger partial charge >= 0.3 is 0 Å². The second-order valence-electron chi connectivity index (χ2n) is 35.7. The number of hydrogen-bond donors (Lipinski definition) is 6. The average Bonchev–Trinajstić information content (AvgIpc) is 1.63. The van der Waals surface area contributed by atoms with Crippen molar-refractivity contribution in [3.8, 4) is 0 Å². The zero-order valence-electron chi connectivity index (χ0n) is 70.6. The maximum absolute atomic E-state index is 13.0. The van der Waals surface area contributed by atoms with Gasteiger partial charge in [0.15, 0.2) is 0 Å². The van der Waals surface area contributed by atoms with Crippen molar-refractivity contribution < 1.29 is 34.3 Å². The van der Waals surface area contributed by atoms with Crippen LogP contribution >= 0.6 is 0 Å². The van der Waals surface area contributed by atoms with Crippen molar-refractivity contribution in [2.24, 2.45) is 17.8 Å². The summed E-state index contributed by atoms with van der Waals surface area (Å²) in [5.74, 6) is 5.98. The molecule has 0 aromatic carbocycles. The molecule has 0 spiro atoms. The lowest BCUT2D eigenvalue weighted by Gasteiger charge is -2.37. The van der Waals surface area contributed by atoms with Crippen LogP contribution in [0, 0.1) is 17.8 Å². The molecular formula is C92H143N15O7. The number of morpholine rings is 3. The highest BCUT2D eigenvalue weighted by Crippen LogP contribution is 2.47. The van der Waals surface area contributed by atoms with Crippen molar-refractivity contribution >= 4 is 45.9 Å². The first-order chi connectivity index (χ1) is 55.6. The van der Waals surface area contributed by atoms with E-state index in [-0.39, 0.29) is 30.1 Å². The molecule has 6 aliphatic carbocycles. The van der Waals surface area contributed by atoms with Gasteiger partial charge in [0.05, 0.1) is 93.1 Å². The van der Waals surface area contributed by atoms with Crippen LogP contribution < -0.4 is 16.0 Å². The van der Waals surface area contributed by atoms with Crippen LogP contribution in [0.25, 0.3) is 22.1 Å². The van der Waals surface area contributed by atoms with Crippen LogP contribution in [0.4, 0.5) is 17.8 Å². The highest BCUT2D eigenvalue weighted by Gasteiger charge is 2.36. The molecule has 1 amide bonds. The van der Waals surface area contributed by atoms with Gasteiger partial charge in [-0.15, -0.1) is 15.3 Å². The largest absolute Gasteiger partial charge is 0.393 e. The Morgan fingerprint density at radius 2 is 0.763 bits per heavy atom. The lowest BCUT2D eigenvalue weighted by atomic mass is 9.77. The molecule has 22 heteroatoms. The Bertz CT molecular complexity index is 3850. The number of rotatable bonds is 29. The molecular weight excluding hydrogens is 1430 g/mol. The van der Waals surface area contributed by atoms with Crippen LogP contribution in [0.1, 0.15) is 330 Å². The SMILES string of the molecule is C=C(C1CCC(c2cc(C3CCC(O)CC3)n3nc(N[C@@H](C)CCCCC)ncc23)CC1)N1CCOCC1.C=C(C1CCC(c2cc(C3CCC(O)CC3)n3nc(N[C@@H](C)CCCCC)ncc23)CC1)N1CCOCC1.CCCCC[C@H](C)Nc1ncc2c(C3=CCC(C(=O)N4CCOCC4)CC3)cc(C3CCC(O)CC3)n2n1. The number of ether oxygens (including phenoxy) is 3. The fourth-order valence-corrected chi connectivity index (χ4v) is 20.2. The van der Waals surface area contributed by atoms with Crippen LogP contribution in [-0.2, 0) is 19.0 Å². The van der Waals surface area contributed by atoms with Gasteiger partial charge in [-0.25, -0.2) is 28.5 Å². The second kappa shape index (κ2) is 42.1. The number of aliphatic hydroxyl groups is 3. The van der Waals surface area contributed by atoms with Crippen LogP contribution in [0.2, 0.25) is 0 Å². The fraction of sp³-hybridized carbons (Fsp3) is 0.728. The third kappa shape index (κ3) is 22.2. The minimum atomic E-state index is -0.185. The first-order valence-electron chi connectivity index (χ1n) is 45.7. The number of carbonyl (C=O) groups is 1. The Hall–Kier alpha value is -6.69. The maximum atomic E-state index is 13.0. The standard InChI is InChI=1S/2C31H49N5O2.C30H45N5O3/c2*1-4-5-6-7-22(2)33-31-32-21-30-28(20-29(36(30)34-31)26-12-14-27(37)15-13-26)25-10-8-24(9-11-25)23(3)35-16-18-38-19-17-35;1-3-4-5-6-21(2)32-30-31-20-28-26(19-27(35(28)33-30)23-11-13-25(36)14-12-23)22-7-9-24(10-8-22)29(37)34-15-17-38-18-16-34/h2*20-22,24-27,37H,3-19H2,1-2H3,(H,33,34);7,19-21,23-25,36H,3-6,8-18H2,1-2H3,(H,32,33)/t2*22-,24?,25?,26?,27?;21-,23?,24?,25?/m000/s1. The minimum Gasteiger partial charge on any atom is -0.393 e. The van der Waals surface area contributed by atoms with Gasteiger partial charge in [-0.2, -0.15) is 0 Å². The van der Waals surface area contributed by atoms with Crippen LogP contribution in [0.5, 0.6) is 0 Å². The number of hydrogen-bond acceptors (Lipinski definition) is 18. The molecule has 628 valence electrons. The molecule has 8 fully saturated rings. The summed E-state index contributed by atoms with van der Waals surface area (Å²) in [6.45, 7) is 32.3. The van der Waals surface area contributed by atoms with E-state index in [0.717, 1.165) is 186 Å². The monoisotopic (exact) mass is 1570 g/mol. The van der Waals surface area contributed by atoms with E-state index in [0.29, 0.717) is 91.8 Å². The van der Waals surface area contributed by atoms with Gasteiger partial charge in [-0.1, -0.05) is 97.8 Å². The van der Waals surface area contributed by atoms with Crippen molar-refractivity contribution in [3.05, 3.63) is 101 Å². The van der Waals surface area contributed by atoms with Crippen molar-refractivity contribution in [3.63, 3.8) is 0 Å². The molecule has 6 N–H and O–H groups in total. The first kappa shape index (κ1) is 85.2.